The second-order valence-electron chi connectivity index (χ2n) is 2.11. The SMILES string of the molecule is C=C(C)C(=O)NCP(=O)(O)O. The molecular weight excluding hydrogens is 169 g/mol. The van der Waals surface area contributed by atoms with Crippen LogP contribution in [-0.2, 0) is 9.36 Å². The topological polar surface area (TPSA) is 86.6 Å². The number of carbonyl (C=O) groups excluding carboxylic acids is 1. The molecule has 6 heteroatoms. The summed E-state index contributed by atoms with van der Waals surface area (Å²) in [6.45, 7) is 4.74. The van der Waals surface area contributed by atoms with E-state index in [9.17, 15) is 9.36 Å². The van der Waals surface area contributed by atoms with Gasteiger partial charge in [-0.2, -0.15) is 0 Å². The van der Waals surface area contributed by atoms with Crippen molar-refractivity contribution in [2.24, 2.45) is 0 Å². The molecule has 0 aromatic rings. The van der Waals surface area contributed by atoms with Crippen LogP contribution in [0.4, 0.5) is 0 Å². The van der Waals surface area contributed by atoms with Crippen LogP contribution in [0, 0.1) is 0 Å². The highest BCUT2D eigenvalue weighted by molar-refractivity contribution is 7.51. The Labute approximate surface area is 64.3 Å². The minimum atomic E-state index is -4.13. The van der Waals surface area contributed by atoms with Gasteiger partial charge in [-0.05, 0) is 6.92 Å². The third-order valence-electron chi connectivity index (χ3n) is 0.833. The molecule has 3 N–H and O–H groups in total. The number of rotatable bonds is 3. The lowest BCUT2D eigenvalue weighted by Crippen LogP contribution is -2.24. The number of hydrogen-bond donors (Lipinski definition) is 3. The third-order valence-corrected chi connectivity index (χ3v) is 1.40. The van der Waals surface area contributed by atoms with Gasteiger partial charge in [0.05, 0.1) is 0 Å². The van der Waals surface area contributed by atoms with Crippen molar-refractivity contribution in [1.29, 1.82) is 0 Å². The van der Waals surface area contributed by atoms with E-state index >= 15 is 0 Å². The van der Waals surface area contributed by atoms with Crippen LogP contribution in [-0.4, -0.2) is 22.0 Å². The van der Waals surface area contributed by atoms with E-state index in [2.05, 4.69) is 6.58 Å². The second-order valence-corrected chi connectivity index (χ2v) is 3.75. The van der Waals surface area contributed by atoms with Gasteiger partial charge in [-0.15, -0.1) is 0 Å². The molecule has 0 aliphatic rings. The van der Waals surface area contributed by atoms with Crippen molar-refractivity contribution in [3.63, 3.8) is 0 Å². The van der Waals surface area contributed by atoms with Crippen LogP contribution < -0.4 is 5.32 Å². The molecule has 0 spiro atoms. The van der Waals surface area contributed by atoms with Crippen molar-refractivity contribution in [3.05, 3.63) is 12.2 Å². The standard InChI is InChI=1S/C5H10NO4P/c1-4(2)5(7)6-3-11(8,9)10/h1,3H2,2H3,(H,6,7)(H2,8,9,10). The summed E-state index contributed by atoms with van der Waals surface area (Å²) >= 11 is 0. The molecule has 0 heterocycles. The Kier molecular flexibility index (Phi) is 3.45. The molecule has 0 aliphatic carbocycles. The van der Waals surface area contributed by atoms with Gasteiger partial charge in [0.25, 0.3) is 0 Å². The van der Waals surface area contributed by atoms with Crippen LogP contribution in [0.1, 0.15) is 6.92 Å². The molecule has 0 unspecified atom stereocenters. The molecule has 5 nitrogen and oxygen atoms in total. The summed E-state index contributed by atoms with van der Waals surface area (Å²) in [5.74, 6) is -0.548. The average Bonchev–Trinajstić information content (AvgIpc) is 1.80. The van der Waals surface area contributed by atoms with E-state index in [1.807, 2.05) is 5.32 Å². The summed E-state index contributed by atoms with van der Waals surface area (Å²) < 4.78 is 10.2. The van der Waals surface area contributed by atoms with Crippen LogP contribution in [0.3, 0.4) is 0 Å². The van der Waals surface area contributed by atoms with Crippen molar-refractivity contribution < 1.29 is 19.1 Å². The summed E-state index contributed by atoms with van der Waals surface area (Å²) in [6.07, 6.45) is -0.640. The van der Waals surface area contributed by atoms with Gasteiger partial charge in [-0.1, -0.05) is 6.58 Å². The number of carbonyl (C=O) groups is 1. The lowest BCUT2D eigenvalue weighted by Gasteiger charge is -2.04. The highest BCUT2D eigenvalue weighted by Gasteiger charge is 2.13. The smallest absolute Gasteiger partial charge is 0.341 e. The summed E-state index contributed by atoms with van der Waals surface area (Å²) in [5, 5.41) is 2.02. The molecule has 0 radical (unpaired) electrons. The summed E-state index contributed by atoms with van der Waals surface area (Å²) in [6, 6.07) is 0. The van der Waals surface area contributed by atoms with Crippen molar-refractivity contribution >= 4 is 13.5 Å². The minimum Gasteiger partial charge on any atom is -0.341 e. The van der Waals surface area contributed by atoms with Crippen LogP contribution in [0.5, 0.6) is 0 Å². The Morgan fingerprint density at radius 1 is 1.64 bits per heavy atom. The zero-order chi connectivity index (χ0) is 9.07. The van der Waals surface area contributed by atoms with Crippen LogP contribution >= 0.6 is 7.60 Å². The molecule has 64 valence electrons. The first kappa shape index (κ1) is 10.4. The molecule has 0 rings (SSSR count). The van der Waals surface area contributed by atoms with Crippen LogP contribution in [0.15, 0.2) is 12.2 Å². The van der Waals surface area contributed by atoms with Crippen LogP contribution in [0.25, 0.3) is 0 Å². The second kappa shape index (κ2) is 3.67. The van der Waals surface area contributed by atoms with E-state index < -0.39 is 19.8 Å². The van der Waals surface area contributed by atoms with Crippen molar-refractivity contribution in [3.8, 4) is 0 Å². The van der Waals surface area contributed by atoms with Gasteiger partial charge in [0, 0.05) is 5.57 Å². The lowest BCUT2D eigenvalue weighted by molar-refractivity contribution is -0.117. The predicted molar refractivity (Wildman–Crippen MR) is 39.9 cm³/mol. The molecule has 0 aromatic heterocycles. The van der Waals surface area contributed by atoms with Gasteiger partial charge in [0.1, 0.15) is 6.29 Å². The molecule has 0 aromatic carbocycles. The van der Waals surface area contributed by atoms with Crippen molar-refractivity contribution in [2.45, 2.75) is 6.92 Å². The van der Waals surface area contributed by atoms with Gasteiger partial charge < -0.3 is 15.1 Å². The highest BCUT2D eigenvalue weighted by Crippen LogP contribution is 2.31. The number of amides is 1. The van der Waals surface area contributed by atoms with Gasteiger partial charge in [0.15, 0.2) is 0 Å². The fourth-order valence-corrected chi connectivity index (χ4v) is 0.675. The van der Waals surface area contributed by atoms with Crippen molar-refractivity contribution in [2.75, 3.05) is 6.29 Å². The van der Waals surface area contributed by atoms with E-state index in [0.717, 1.165) is 0 Å². The molecule has 0 aliphatic heterocycles. The largest absolute Gasteiger partial charge is 0.344 e. The van der Waals surface area contributed by atoms with E-state index in [-0.39, 0.29) is 5.57 Å². The number of hydrogen-bond acceptors (Lipinski definition) is 2. The lowest BCUT2D eigenvalue weighted by atomic mass is 10.3. The maximum atomic E-state index is 10.6. The summed E-state index contributed by atoms with van der Waals surface area (Å²) in [4.78, 5) is 27.3. The highest BCUT2D eigenvalue weighted by atomic mass is 31.2. The van der Waals surface area contributed by atoms with E-state index in [1.54, 1.807) is 0 Å². The molecule has 0 fully saturated rings. The monoisotopic (exact) mass is 179 g/mol. The molecule has 0 saturated heterocycles. The van der Waals surface area contributed by atoms with Gasteiger partial charge >= 0.3 is 7.60 Å². The first-order valence-corrected chi connectivity index (χ1v) is 4.61. The maximum absolute atomic E-state index is 10.6. The van der Waals surface area contributed by atoms with E-state index in [1.165, 1.54) is 6.92 Å². The molecule has 0 bridgehead atoms. The summed E-state index contributed by atoms with van der Waals surface area (Å²) in [7, 11) is -4.13. The van der Waals surface area contributed by atoms with E-state index in [4.69, 9.17) is 9.79 Å². The maximum Gasteiger partial charge on any atom is 0.344 e. The van der Waals surface area contributed by atoms with Crippen molar-refractivity contribution in [1.82, 2.24) is 5.32 Å². The fraction of sp³-hybridized carbons (Fsp3) is 0.400. The molecule has 11 heavy (non-hydrogen) atoms. The predicted octanol–water partition coefficient (Wildman–Crippen LogP) is -0.186. The first-order chi connectivity index (χ1) is 4.83. The van der Waals surface area contributed by atoms with Gasteiger partial charge in [-0.3, -0.25) is 9.36 Å². The average molecular weight is 179 g/mol. The Balaban J connectivity index is 3.82. The molecule has 0 atom stereocenters. The zero-order valence-corrected chi connectivity index (χ0v) is 6.97. The van der Waals surface area contributed by atoms with Gasteiger partial charge in [0.2, 0.25) is 5.91 Å². The molecule has 0 saturated carbocycles. The zero-order valence-electron chi connectivity index (χ0n) is 6.07. The normalized spacial score (nSPS) is 10.8. The first-order valence-electron chi connectivity index (χ1n) is 2.81. The molecule has 1 amide bonds. The van der Waals surface area contributed by atoms with E-state index in [0.29, 0.717) is 0 Å². The Morgan fingerprint density at radius 3 is 2.36 bits per heavy atom. The molecular formula is C5H10NO4P. The fourth-order valence-electron chi connectivity index (χ4n) is 0.326. The quantitative estimate of drug-likeness (QED) is 0.414. The Hall–Kier alpha value is -0.640. The Bertz CT molecular complexity index is 219. The number of nitrogens with one attached hydrogen (secondary N) is 1. The summed E-state index contributed by atoms with van der Waals surface area (Å²) in [5.41, 5.74) is 0.221. The minimum absolute atomic E-state index is 0.221. The van der Waals surface area contributed by atoms with Gasteiger partial charge in [-0.25, -0.2) is 0 Å². The third kappa shape index (κ3) is 5.79. The Morgan fingerprint density at radius 2 is 2.09 bits per heavy atom. The van der Waals surface area contributed by atoms with Crippen LogP contribution in [0.2, 0.25) is 0 Å².